The predicted octanol–water partition coefficient (Wildman–Crippen LogP) is 2.36. The topological polar surface area (TPSA) is 99.9 Å². The number of aliphatic carboxylic acids is 1. The first kappa shape index (κ1) is 22.2. The third kappa shape index (κ3) is 3.95. The number of hydrogen-bond donors (Lipinski definition) is 0. The Kier molecular flexibility index (Phi) is 5.86. The first-order valence-electron chi connectivity index (χ1n) is 11.7. The Balaban J connectivity index is 1.25. The number of amides is 1. The Labute approximate surface area is 196 Å². The van der Waals surface area contributed by atoms with Crippen LogP contribution >= 0.6 is 0 Å². The van der Waals surface area contributed by atoms with Crippen LogP contribution in [-0.2, 0) is 27.8 Å². The highest BCUT2D eigenvalue weighted by molar-refractivity contribution is 5.84. The molecule has 2 heterocycles. The SMILES string of the molecule is O=C(COc1ccc2c3c(c(=O)oc2c1)CCCC3)N1CCC(C(=O)[O-])(c2ccccc2)CC1. The third-order valence-electron chi connectivity index (χ3n) is 7.24. The van der Waals surface area contributed by atoms with Crippen LogP contribution in [0.5, 0.6) is 5.75 Å². The normalized spacial score (nSPS) is 17.2. The number of likely N-dealkylation sites (tertiary alicyclic amines) is 1. The minimum absolute atomic E-state index is 0.176. The second-order valence-electron chi connectivity index (χ2n) is 9.12. The number of piperidine rings is 1. The van der Waals surface area contributed by atoms with Crippen molar-refractivity contribution in [3.05, 3.63) is 75.6 Å². The van der Waals surface area contributed by atoms with Crippen LogP contribution in [0.25, 0.3) is 11.0 Å². The first-order valence-corrected chi connectivity index (χ1v) is 11.7. The molecule has 1 aromatic heterocycles. The van der Waals surface area contributed by atoms with E-state index in [0.717, 1.165) is 42.2 Å². The Bertz CT molecular complexity index is 1290. The van der Waals surface area contributed by atoms with Crippen LogP contribution in [-0.4, -0.2) is 36.5 Å². The summed E-state index contributed by atoms with van der Waals surface area (Å²) in [5, 5.41) is 12.9. The molecule has 0 spiro atoms. The van der Waals surface area contributed by atoms with Gasteiger partial charge in [0.2, 0.25) is 0 Å². The van der Waals surface area contributed by atoms with Gasteiger partial charge >= 0.3 is 5.63 Å². The number of carbonyl (C=O) groups is 2. The summed E-state index contributed by atoms with van der Waals surface area (Å²) < 4.78 is 11.2. The summed E-state index contributed by atoms with van der Waals surface area (Å²) in [6, 6.07) is 14.4. The molecule has 0 bridgehead atoms. The van der Waals surface area contributed by atoms with Gasteiger partial charge in [-0.05, 0) is 61.8 Å². The average molecular weight is 461 g/mol. The molecule has 1 saturated heterocycles. The fourth-order valence-corrected chi connectivity index (χ4v) is 5.26. The summed E-state index contributed by atoms with van der Waals surface area (Å²) >= 11 is 0. The van der Waals surface area contributed by atoms with Gasteiger partial charge in [0.15, 0.2) is 6.61 Å². The highest BCUT2D eigenvalue weighted by Gasteiger charge is 2.38. The fourth-order valence-electron chi connectivity index (χ4n) is 5.26. The Hall–Kier alpha value is -3.61. The van der Waals surface area contributed by atoms with E-state index in [4.69, 9.17) is 9.15 Å². The highest BCUT2D eigenvalue weighted by atomic mass is 16.5. The number of rotatable bonds is 5. The number of fused-ring (bicyclic) bond motifs is 3. The standard InChI is InChI=1S/C27H27NO6/c29-24(28-14-12-27(13-15-28,26(31)32)18-6-2-1-3-7-18)17-33-19-10-11-21-20-8-4-5-9-22(20)25(30)34-23(21)16-19/h1-3,6-7,10-11,16H,4-5,8-9,12-15,17H2,(H,31,32)/p-1. The lowest BCUT2D eigenvalue weighted by molar-refractivity contribution is -0.315. The lowest BCUT2D eigenvalue weighted by Gasteiger charge is -2.42. The van der Waals surface area contributed by atoms with Gasteiger partial charge in [0, 0.05) is 35.5 Å². The van der Waals surface area contributed by atoms with Gasteiger partial charge in [0.25, 0.3) is 5.91 Å². The summed E-state index contributed by atoms with van der Waals surface area (Å²) in [6.07, 6.45) is 4.24. The average Bonchev–Trinajstić information content (AvgIpc) is 2.87. The second-order valence-corrected chi connectivity index (χ2v) is 9.12. The summed E-state index contributed by atoms with van der Waals surface area (Å²) in [7, 11) is 0. The van der Waals surface area contributed by atoms with Crippen LogP contribution in [0.4, 0.5) is 0 Å². The molecule has 2 aromatic carbocycles. The van der Waals surface area contributed by atoms with Crippen molar-refractivity contribution in [2.24, 2.45) is 0 Å². The van der Waals surface area contributed by atoms with E-state index in [1.54, 1.807) is 29.2 Å². The number of carboxylic acids is 1. The van der Waals surface area contributed by atoms with Crippen LogP contribution < -0.4 is 15.5 Å². The minimum atomic E-state index is -1.11. The number of nitrogens with zero attached hydrogens (tertiary/aromatic N) is 1. The van der Waals surface area contributed by atoms with E-state index < -0.39 is 11.4 Å². The molecule has 1 aliphatic carbocycles. The zero-order chi connectivity index (χ0) is 23.7. The van der Waals surface area contributed by atoms with Crippen LogP contribution in [0, 0.1) is 0 Å². The molecule has 2 aliphatic rings. The first-order chi connectivity index (χ1) is 16.5. The molecule has 0 unspecified atom stereocenters. The number of ether oxygens (including phenoxy) is 1. The molecule has 5 rings (SSSR count). The minimum Gasteiger partial charge on any atom is -0.549 e. The molecule has 3 aromatic rings. The van der Waals surface area contributed by atoms with Gasteiger partial charge in [0.1, 0.15) is 11.3 Å². The van der Waals surface area contributed by atoms with Crippen LogP contribution in [0.2, 0.25) is 0 Å². The summed E-state index contributed by atoms with van der Waals surface area (Å²) in [6.45, 7) is 0.442. The zero-order valence-electron chi connectivity index (χ0n) is 18.9. The molecule has 34 heavy (non-hydrogen) atoms. The highest BCUT2D eigenvalue weighted by Crippen LogP contribution is 2.35. The maximum Gasteiger partial charge on any atom is 0.339 e. The smallest absolute Gasteiger partial charge is 0.339 e. The molecule has 7 heteroatoms. The van der Waals surface area contributed by atoms with Crippen molar-refractivity contribution in [2.75, 3.05) is 19.7 Å². The van der Waals surface area contributed by atoms with Crippen molar-refractivity contribution in [1.82, 2.24) is 4.90 Å². The molecule has 7 nitrogen and oxygen atoms in total. The van der Waals surface area contributed by atoms with Crippen molar-refractivity contribution in [1.29, 1.82) is 0 Å². The van der Waals surface area contributed by atoms with Crippen molar-refractivity contribution < 1.29 is 23.8 Å². The van der Waals surface area contributed by atoms with E-state index >= 15 is 0 Å². The molecule has 0 atom stereocenters. The lowest BCUT2D eigenvalue weighted by Crippen LogP contribution is -2.54. The van der Waals surface area contributed by atoms with Gasteiger partial charge in [-0.25, -0.2) is 4.79 Å². The number of aryl methyl sites for hydroxylation is 1. The van der Waals surface area contributed by atoms with E-state index in [2.05, 4.69) is 0 Å². The Morgan fingerprint density at radius 1 is 1.00 bits per heavy atom. The van der Waals surface area contributed by atoms with Gasteiger partial charge in [-0.15, -0.1) is 0 Å². The van der Waals surface area contributed by atoms with E-state index in [0.29, 0.717) is 30.0 Å². The second kappa shape index (κ2) is 8.97. The molecule has 1 aliphatic heterocycles. The summed E-state index contributed by atoms with van der Waals surface area (Å²) in [4.78, 5) is 38.8. The van der Waals surface area contributed by atoms with Crippen molar-refractivity contribution in [2.45, 2.75) is 43.9 Å². The number of benzene rings is 2. The third-order valence-corrected chi connectivity index (χ3v) is 7.24. The van der Waals surface area contributed by atoms with Gasteiger partial charge in [-0.2, -0.15) is 0 Å². The number of carbonyl (C=O) groups excluding carboxylic acids is 2. The van der Waals surface area contributed by atoms with Gasteiger partial charge in [-0.1, -0.05) is 30.3 Å². The van der Waals surface area contributed by atoms with Crippen molar-refractivity contribution >= 4 is 22.8 Å². The maximum absolute atomic E-state index is 12.8. The van der Waals surface area contributed by atoms with Crippen LogP contribution in [0.1, 0.15) is 42.4 Å². The zero-order valence-corrected chi connectivity index (χ0v) is 18.9. The fraction of sp³-hybridized carbons (Fsp3) is 0.370. The van der Waals surface area contributed by atoms with Gasteiger partial charge < -0.3 is 24.0 Å². The van der Waals surface area contributed by atoms with Crippen LogP contribution in [0.15, 0.2) is 57.7 Å². The number of carboxylic acid groups (broad SMARTS) is 1. The molecular weight excluding hydrogens is 434 g/mol. The van der Waals surface area contributed by atoms with E-state index in [9.17, 15) is 19.5 Å². The van der Waals surface area contributed by atoms with E-state index in [-0.39, 0.29) is 31.0 Å². The molecule has 0 saturated carbocycles. The van der Waals surface area contributed by atoms with E-state index in [1.807, 2.05) is 24.3 Å². The molecule has 0 N–H and O–H groups in total. The molecule has 0 radical (unpaired) electrons. The Morgan fingerprint density at radius 3 is 2.41 bits per heavy atom. The van der Waals surface area contributed by atoms with Crippen molar-refractivity contribution in [3.63, 3.8) is 0 Å². The van der Waals surface area contributed by atoms with Gasteiger partial charge in [0.05, 0.1) is 5.97 Å². The molecule has 1 fully saturated rings. The predicted molar refractivity (Wildman–Crippen MR) is 124 cm³/mol. The van der Waals surface area contributed by atoms with E-state index in [1.165, 1.54) is 0 Å². The summed E-state index contributed by atoms with van der Waals surface area (Å²) in [5.74, 6) is -0.876. The molecule has 1 amide bonds. The largest absolute Gasteiger partial charge is 0.549 e. The Morgan fingerprint density at radius 2 is 1.71 bits per heavy atom. The monoisotopic (exact) mass is 460 g/mol. The molecule has 176 valence electrons. The quantitative estimate of drug-likeness (QED) is 0.542. The van der Waals surface area contributed by atoms with Crippen LogP contribution in [0.3, 0.4) is 0 Å². The van der Waals surface area contributed by atoms with Gasteiger partial charge in [-0.3, -0.25) is 4.79 Å². The lowest BCUT2D eigenvalue weighted by atomic mass is 9.73. The summed E-state index contributed by atoms with van der Waals surface area (Å²) in [5.41, 5.74) is 1.62. The number of hydrogen-bond acceptors (Lipinski definition) is 6. The van der Waals surface area contributed by atoms with Crippen molar-refractivity contribution in [3.8, 4) is 5.75 Å². The maximum atomic E-state index is 12.8. The molecular formula is C27H26NO6-.